The average Bonchev–Trinajstić information content (AvgIpc) is 3.11. The summed E-state index contributed by atoms with van der Waals surface area (Å²) in [5.41, 5.74) is 0.917. The van der Waals surface area contributed by atoms with Crippen LogP contribution in [0.5, 0.6) is 5.75 Å². The van der Waals surface area contributed by atoms with Crippen LogP contribution in [0, 0.1) is 5.82 Å². The van der Waals surface area contributed by atoms with Gasteiger partial charge in [0.2, 0.25) is 0 Å². The van der Waals surface area contributed by atoms with Crippen LogP contribution in [0.15, 0.2) is 30.3 Å². The smallest absolute Gasteiger partial charge is 0.274 e. The number of likely N-dealkylation sites (N-methyl/N-ethyl adjacent to an activating group) is 1. The molecule has 0 bridgehead atoms. The molecule has 6 nitrogen and oxygen atoms in total. The van der Waals surface area contributed by atoms with E-state index in [1.54, 1.807) is 23.1 Å². The summed E-state index contributed by atoms with van der Waals surface area (Å²) < 4.78 is 18.7. The second kappa shape index (κ2) is 8.31. The molecule has 26 heavy (non-hydrogen) atoms. The SMILES string of the molecule is CCN(C(=O)c1cc(COc2cccc(F)c2)[nH]n1)[C@@H]1CCCC[C@H]1O. The van der Waals surface area contributed by atoms with Gasteiger partial charge >= 0.3 is 0 Å². The summed E-state index contributed by atoms with van der Waals surface area (Å²) in [5.74, 6) is -0.160. The molecule has 1 aromatic heterocycles. The van der Waals surface area contributed by atoms with Crippen LogP contribution >= 0.6 is 0 Å². The number of amides is 1. The number of H-pyrrole nitrogens is 1. The molecule has 0 aliphatic heterocycles. The number of ether oxygens (including phenoxy) is 1. The quantitative estimate of drug-likeness (QED) is 0.829. The summed E-state index contributed by atoms with van der Waals surface area (Å²) in [5, 5.41) is 17.1. The summed E-state index contributed by atoms with van der Waals surface area (Å²) in [7, 11) is 0. The van der Waals surface area contributed by atoms with E-state index < -0.39 is 6.10 Å². The molecule has 7 heteroatoms. The molecule has 1 aromatic carbocycles. The highest BCUT2D eigenvalue weighted by Crippen LogP contribution is 2.24. The lowest BCUT2D eigenvalue weighted by Crippen LogP contribution is -2.48. The fraction of sp³-hybridized carbons (Fsp3) is 0.474. The van der Waals surface area contributed by atoms with E-state index >= 15 is 0 Å². The first kappa shape index (κ1) is 18.4. The van der Waals surface area contributed by atoms with Crippen LogP contribution in [0.4, 0.5) is 4.39 Å². The number of benzene rings is 1. The second-order valence-electron chi connectivity index (χ2n) is 6.53. The molecule has 1 heterocycles. The summed E-state index contributed by atoms with van der Waals surface area (Å²) in [6.45, 7) is 2.57. The lowest BCUT2D eigenvalue weighted by atomic mass is 9.91. The topological polar surface area (TPSA) is 78.5 Å². The van der Waals surface area contributed by atoms with E-state index in [2.05, 4.69) is 10.2 Å². The normalized spacial score (nSPS) is 20.0. The molecule has 140 valence electrons. The number of aromatic amines is 1. The third-order valence-corrected chi connectivity index (χ3v) is 4.74. The van der Waals surface area contributed by atoms with Crippen molar-refractivity contribution in [2.75, 3.05) is 6.54 Å². The first-order chi connectivity index (χ1) is 12.6. The van der Waals surface area contributed by atoms with Gasteiger partial charge in [-0.3, -0.25) is 9.89 Å². The Labute approximate surface area is 152 Å². The fourth-order valence-corrected chi connectivity index (χ4v) is 3.39. The summed E-state index contributed by atoms with van der Waals surface area (Å²) in [6.07, 6.45) is 3.05. The van der Waals surface area contributed by atoms with Gasteiger partial charge in [-0.05, 0) is 38.0 Å². The van der Waals surface area contributed by atoms with Gasteiger partial charge in [0.05, 0.1) is 17.8 Å². The molecule has 1 aliphatic carbocycles. The number of aliphatic hydroxyl groups is 1. The Morgan fingerprint density at radius 1 is 1.38 bits per heavy atom. The van der Waals surface area contributed by atoms with E-state index in [9.17, 15) is 14.3 Å². The van der Waals surface area contributed by atoms with Crippen molar-refractivity contribution in [1.82, 2.24) is 15.1 Å². The van der Waals surface area contributed by atoms with Crippen LogP contribution in [0.25, 0.3) is 0 Å². The van der Waals surface area contributed by atoms with Crippen molar-refractivity contribution in [3.63, 3.8) is 0 Å². The molecule has 1 saturated carbocycles. The van der Waals surface area contributed by atoms with E-state index in [-0.39, 0.29) is 24.4 Å². The molecule has 0 saturated heterocycles. The van der Waals surface area contributed by atoms with Crippen LogP contribution in [0.2, 0.25) is 0 Å². The van der Waals surface area contributed by atoms with Crippen molar-refractivity contribution in [1.29, 1.82) is 0 Å². The van der Waals surface area contributed by atoms with Gasteiger partial charge in [-0.25, -0.2) is 4.39 Å². The molecule has 2 aromatic rings. The lowest BCUT2D eigenvalue weighted by Gasteiger charge is -2.36. The Bertz CT molecular complexity index is 749. The van der Waals surface area contributed by atoms with E-state index in [1.807, 2.05) is 6.92 Å². The molecule has 1 amide bonds. The number of nitrogens with one attached hydrogen (secondary N) is 1. The number of hydrogen-bond donors (Lipinski definition) is 2. The van der Waals surface area contributed by atoms with Crippen LogP contribution in [-0.2, 0) is 6.61 Å². The predicted molar refractivity (Wildman–Crippen MR) is 94.3 cm³/mol. The van der Waals surface area contributed by atoms with E-state index in [4.69, 9.17) is 4.74 Å². The number of aromatic nitrogens is 2. The first-order valence-electron chi connectivity index (χ1n) is 9.00. The number of halogens is 1. The highest BCUT2D eigenvalue weighted by molar-refractivity contribution is 5.92. The molecule has 0 spiro atoms. The third-order valence-electron chi connectivity index (χ3n) is 4.74. The zero-order valence-corrected chi connectivity index (χ0v) is 14.8. The van der Waals surface area contributed by atoms with Crippen LogP contribution in [0.3, 0.4) is 0 Å². The molecule has 1 aliphatic rings. The van der Waals surface area contributed by atoms with Gasteiger partial charge in [-0.2, -0.15) is 5.10 Å². The van der Waals surface area contributed by atoms with E-state index in [0.717, 1.165) is 25.7 Å². The van der Waals surface area contributed by atoms with Gasteiger partial charge in [0, 0.05) is 12.6 Å². The maximum atomic E-state index is 13.2. The minimum Gasteiger partial charge on any atom is -0.487 e. The molecule has 3 rings (SSSR count). The first-order valence-corrected chi connectivity index (χ1v) is 9.00. The monoisotopic (exact) mass is 361 g/mol. The predicted octanol–water partition coefficient (Wildman–Crippen LogP) is 2.89. The number of nitrogens with zero attached hydrogens (tertiary/aromatic N) is 2. The maximum Gasteiger partial charge on any atom is 0.274 e. The maximum absolute atomic E-state index is 13.2. The standard InChI is InChI=1S/C19H24FN3O3/c1-2-23(17-8-3-4-9-18(17)24)19(25)16-11-14(21-22-16)12-26-15-7-5-6-13(20)10-15/h5-7,10-11,17-18,24H,2-4,8-9,12H2,1H3,(H,21,22)/t17-,18-/m1/s1. The Kier molecular flexibility index (Phi) is 5.88. The van der Waals surface area contributed by atoms with Gasteiger partial charge in [0.25, 0.3) is 5.91 Å². The minimum absolute atomic E-state index is 0.155. The highest BCUT2D eigenvalue weighted by Gasteiger charge is 2.32. The van der Waals surface area contributed by atoms with E-state index in [0.29, 0.717) is 23.7 Å². The molecular weight excluding hydrogens is 337 g/mol. The zero-order valence-electron chi connectivity index (χ0n) is 14.8. The summed E-state index contributed by atoms with van der Waals surface area (Å²) >= 11 is 0. The second-order valence-corrected chi connectivity index (χ2v) is 6.53. The van der Waals surface area contributed by atoms with Crippen LogP contribution in [0.1, 0.15) is 48.8 Å². The molecule has 1 fully saturated rings. The number of carbonyl (C=O) groups is 1. The lowest BCUT2D eigenvalue weighted by molar-refractivity contribution is 0.0193. The van der Waals surface area contributed by atoms with Gasteiger partial charge in [0.1, 0.15) is 18.2 Å². The van der Waals surface area contributed by atoms with Crippen LogP contribution < -0.4 is 4.74 Å². The van der Waals surface area contributed by atoms with Gasteiger partial charge in [-0.1, -0.05) is 18.9 Å². The largest absolute Gasteiger partial charge is 0.487 e. The highest BCUT2D eigenvalue weighted by atomic mass is 19.1. The van der Waals surface area contributed by atoms with Crippen LogP contribution in [-0.4, -0.2) is 44.8 Å². The number of hydrogen-bond acceptors (Lipinski definition) is 4. The average molecular weight is 361 g/mol. The molecule has 2 N–H and O–H groups in total. The van der Waals surface area contributed by atoms with Crippen molar-refractivity contribution in [3.05, 3.63) is 47.5 Å². The van der Waals surface area contributed by atoms with Crippen molar-refractivity contribution in [2.24, 2.45) is 0 Å². The fourth-order valence-electron chi connectivity index (χ4n) is 3.39. The van der Waals surface area contributed by atoms with E-state index in [1.165, 1.54) is 12.1 Å². The molecule has 0 radical (unpaired) electrons. The van der Waals surface area contributed by atoms with Crippen molar-refractivity contribution in [3.8, 4) is 5.75 Å². The van der Waals surface area contributed by atoms with Gasteiger partial charge in [0.15, 0.2) is 5.69 Å². The Morgan fingerprint density at radius 3 is 2.92 bits per heavy atom. The molecule has 2 atom stereocenters. The minimum atomic E-state index is -0.484. The number of carbonyl (C=O) groups excluding carboxylic acids is 1. The Hall–Kier alpha value is -2.41. The van der Waals surface area contributed by atoms with Crippen molar-refractivity contribution >= 4 is 5.91 Å². The zero-order chi connectivity index (χ0) is 18.5. The molecular formula is C19H24FN3O3. The third kappa shape index (κ3) is 4.22. The number of rotatable bonds is 6. The number of aliphatic hydroxyl groups excluding tert-OH is 1. The summed E-state index contributed by atoms with van der Waals surface area (Å²) in [6, 6.07) is 7.35. The summed E-state index contributed by atoms with van der Waals surface area (Å²) in [4.78, 5) is 14.5. The van der Waals surface area contributed by atoms with Crippen molar-refractivity contribution < 1.29 is 19.0 Å². The van der Waals surface area contributed by atoms with Crippen molar-refractivity contribution in [2.45, 2.75) is 51.4 Å². The Morgan fingerprint density at radius 2 is 2.19 bits per heavy atom. The molecule has 0 unspecified atom stereocenters. The van der Waals surface area contributed by atoms with Gasteiger partial charge in [-0.15, -0.1) is 0 Å². The Balaban J connectivity index is 1.64. The van der Waals surface area contributed by atoms with Gasteiger partial charge < -0.3 is 14.7 Å².